The van der Waals surface area contributed by atoms with Crippen LogP contribution in [-0.2, 0) is 37.0 Å². The van der Waals surface area contributed by atoms with Crippen LogP contribution in [0.3, 0.4) is 0 Å². The van der Waals surface area contributed by atoms with Crippen LogP contribution >= 0.6 is 0 Å². The molecule has 2 atom stereocenters. The van der Waals surface area contributed by atoms with Crippen LogP contribution in [0.15, 0.2) is 12.7 Å². The highest BCUT2D eigenvalue weighted by Crippen LogP contribution is 2.26. The Kier molecular flexibility index (Phi) is 9.43. The molecule has 0 aromatic heterocycles. The summed E-state index contributed by atoms with van der Waals surface area (Å²) >= 11 is 0. The van der Waals surface area contributed by atoms with E-state index in [1.165, 1.54) is 28.4 Å². The van der Waals surface area contributed by atoms with E-state index in [0.717, 1.165) is 6.61 Å². The van der Waals surface area contributed by atoms with Gasteiger partial charge in [-0.25, -0.2) is 0 Å². The third-order valence-corrected chi connectivity index (χ3v) is 6.00. The van der Waals surface area contributed by atoms with Crippen molar-refractivity contribution < 1.29 is 37.0 Å². The van der Waals surface area contributed by atoms with Gasteiger partial charge in [0, 0.05) is 41.1 Å². The van der Waals surface area contributed by atoms with Crippen molar-refractivity contribution in [3.8, 4) is 0 Å². The number of rotatable bonds is 15. The summed E-state index contributed by atoms with van der Waals surface area (Å²) in [6, 6.07) is 0.515. The van der Waals surface area contributed by atoms with E-state index in [2.05, 4.69) is 6.58 Å². The lowest BCUT2D eigenvalue weighted by atomic mass is 10.5. The highest BCUT2D eigenvalue weighted by molar-refractivity contribution is 6.60. The van der Waals surface area contributed by atoms with E-state index in [1.807, 2.05) is 0 Å². The van der Waals surface area contributed by atoms with Crippen LogP contribution in [0.25, 0.3) is 0 Å². The van der Waals surface area contributed by atoms with Crippen molar-refractivity contribution in [3.63, 3.8) is 0 Å². The maximum atomic E-state index is 5.86. The highest BCUT2D eigenvalue weighted by Gasteiger charge is 2.49. The molecule has 0 aromatic rings. The molecule has 8 nitrogen and oxygen atoms in total. The average Bonchev–Trinajstić information content (AvgIpc) is 3.41. The van der Waals surface area contributed by atoms with Gasteiger partial charge in [0.05, 0.1) is 19.8 Å². The Bertz CT molecular complexity index is 326. The fourth-order valence-corrected chi connectivity index (χ4v) is 4.17. The molecule has 0 radical (unpaired) electrons. The van der Waals surface area contributed by atoms with Gasteiger partial charge in [0.2, 0.25) is 0 Å². The Hall–Kier alpha value is -0.363. The number of epoxide rings is 1. The molecule has 1 aliphatic heterocycles. The monoisotopic (exact) mass is 352 g/mol. The second-order valence-electron chi connectivity index (χ2n) is 4.84. The molecule has 136 valence electrons. The molecule has 2 unspecified atom stereocenters. The maximum Gasteiger partial charge on any atom is 0.506 e. The van der Waals surface area contributed by atoms with Crippen molar-refractivity contribution in [2.45, 2.75) is 24.7 Å². The zero-order chi connectivity index (χ0) is 17.2. The third kappa shape index (κ3) is 6.95. The van der Waals surface area contributed by atoms with Crippen molar-refractivity contribution in [3.05, 3.63) is 12.7 Å². The zero-order valence-electron chi connectivity index (χ0n) is 14.4. The second kappa shape index (κ2) is 10.5. The van der Waals surface area contributed by atoms with Crippen molar-refractivity contribution >= 4 is 8.80 Å². The van der Waals surface area contributed by atoms with Gasteiger partial charge in [0.25, 0.3) is 0 Å². The quantitative estimate of drug-likeness (QED) is 0.143. The normalized spacial score (nSPS) is 20.3. The minimum absolute atomic E-state index is 0.246. The predicted molar refractivity (Wildman–Crippen MR) is 83.7 cm³/mol. The molecule has 9 heteroatoms. The topological polar surface area (TPSA) is 77.1 Å². The van der Waals surface area contributed by atoms with Crippen LogP contribution in [0.2, 0.25) is 6.04 Å². The molecule has 0 amide bonds. The molecule has 1 aliphatic rings. The lowest BCUT2D eigenvalue weighted by molar-refractivity contribution is -0.460. The molecule has 0 aromatic carbocycles. The summed E-state index contributed by atoms with van der Waals surface area (Å²) in [6.45, 7) is 5.86. The molecule has 0 saturated carbocycles. The molecular weight excluding hydrogens is 324 g/mol. The van der Waals surface area contributed by atoms with Crippen LogP contribution in [0, 0.1) is 0 Å². The van der Waals surface area contributed by atoms with Gasteiger partial charge >= 0.3 is 15.0 Å². The Morgan fingerprint density at radius 2 is 1.87 bits per heavy atom. The molecule has 0 bridgehead atoms. The standard InChI is InChI=1S/C14H28O8Si/c1-6-8-21-23(18-5,22-14(15-2,16-3)17-4)10-7-9-19-11-13-12-20-13/h6,13H,1,7-12H2,2-5H3. The van der Waals surface area contributed by atoms with Gasteiger partial charge in [0.15, 0.2) is 0 Å². The summed E-state index contributed by atoms with van der Waals surface area (Å²) in [5.41, 5.74) is 0. The van der Waals surface area contributed by atoms with Crippen LogP contribution < -0.4 is 0 Å². The van der Waals surface area contributed by atoms with Crippen molar-refractivity contribution in [2.75, 3.05) is 54.9 Å². The van der Waals surface area contributed by atoms with Gasteiger partial charge < -0.3 is 32.5 Å². The first kappa shape index (κ1) is 20.7. The molecular formula is C14H28O8Si. The summed E-state index contributed by atoms with van der Waals surface area (Å²) in [5.74, 6) is 0. The van der Waals surface area contributed by atoms with Gasteiger partial charge in [0.1, 0.15) is 6.10 Å². The van der Waals surface area contributed by atoms with Gasteiger partial charge in [-0.2, -0.15) is 0 Å². The van der Waals surface area contributed by atoms with E-state index >= 15 is 0 Å². The fraction of sp³-hybridized carbons (Fsp3) is 0.857. The van der Waals surface area contributed by atoms with Crippen LogP contribution in [0.5, 0.6) is 0 Å². The Balaban J connectivity index is 2.59. The van der Waals surface area contributed by atoms with Crippen molar-refractivity contribution in [2.24, 2.45) is 0 Å². The summed E-state index contributed by atoms with van der Waals surface area (Å²) in [5, 5.41) is 0. The molecule has 23 heavy (non-hydrogen) atoms. The number of ether oxygens (including phenoxy) is 5. The maximum absolute atomic E-state index is 5.86. The first-order valence-electron chi connectivity index (χ1n) is 7.44. The molecule has 1 rings (SSSR count). The SMILES string of the molecule is C=CCO[Si](CCCOCC1CO1)(OC)OC(OC)(OC)OC. The van der Waals surface area contributed by atoms with E-state index in [0.29, 0.717) is 25.7 Å². The molecule has 1 saturated heterocycles. The highest BCUT2D eigenvalue weighted by atomic mass is 28.4. The first-order valence-corrected chi connectivity index (χ1v) is 9.37. The van der Waals surface area contributed by atoms with Gasteiger partial charge in [-0.1, -0.05) is 6.08 Å². The molecule has 1 heterocycles. The van der Waals surface area contributed by atoms with E-state index in [9.17, 15) is 0 Å². The van der Waals surface area contributed by atoms with Crippen LogP contribution in [0.4, 0.5) is 0 Å². The second-order valence-corrected chi connectivity index (χ2v) is 7.60. The lowest BCUT2D eigenvalue weighted by Crippen LogP contribution is -2.55. The van der Waals surface area contributed by atoms with E-state index in [1.54, 1.807) is 6.08 Å². The smallest absolute Gasteiger partial charge is 0.379 e. The molecule has 1 fully saturated rings. The zero-order valence-corrected chi connectivity index (χ0v) is 15.4. The Morgan fingerprint density at radius 1 is 1.22 bits per heavy atom. The number of hydrogen-bond acceptors (Lipinski definition) is 8. The summed E-state index contributed by atoms with van der Waals surface area (Å²) in [4.78, 5) is 0. The average molecular weight is 352 g/mol. The van der Waals surface area contributed by atoms with Crippen molar-refractivity contribution in [1.29, 1.82) is 0 Å². The predicted octanol–water partition coefficient (Wildman–Crippen LogP) is 1.15. The molecule has 0 N–H and O–H groups in total. The lowest BCUT2D eigenvalue weighted by Gasteiger charge is -2.36. The first-order chi connectivity index (χ1) is 11.1. The largest absolute Gasteiger partial charge is 0.506 e. The van der Waals surface area contributed by atoms with E-state index in [-0.39, 0.29) is 12.7 Å². The summed E-state index contributed by atoms with van der Waals surface area (Å²) in [6.07, 6.45) is 0.887. The molecule has 0 aliphatic carbocycles. The fourth-order valence-electron chi connectivity index (χ4n) is 1.88. The van der Waals surface area contributed by atoms with Gasteiger partial charge in [-0.15, -0.1) is 6.58 Å². The third-order valence-electron chi connectivity index (χ3n) is 3.24. The van der Waals surface area contributed by atoms with E-state index < -0.39 is 15.0 Å². The van der Waals surface area contributed by atoms with Gasteiger partial charge in [-0.3, -0.25) is 4.43 Å². The number of hydrogen-bond donors (Lipinski definition) is 0. The van der Waals surface area contributed by atoms with Crippen molar-refractivity contribution in [1.82, 2.24) is 0 Å². The Labute approximate surface area is 138 Å². The van der Waals surface area contributed by atoms with Crippen LogP contribution in [-0.4, -0.2) is 75.9 Å². The minimum atomic E-state index is -3.11. The molecule has 0 spiro atoms. The Morgan fingerprint density at radius 3 is 2.35 bits per heavy atom. The van der Waals surface area contributed by atoms with Crippen LogP contribution in [0.1, 0.15) is 6.42 Å². The number of methoxy groups -OCH3 is 3. The summed E-state index contributed by atoms with van der Waals surface area (Å²) in [7, 11) is 2.65. The minimum Gasteiger partial charge on any atom is -0.379 e. The summed E-state index contributed by atoms with van der Waals surface area (Å²) < 4.78 is 43.4. The van der Waals surface area contributed by atoms with E-state index in [4.69, 9.17) is 37.0 Å². The van der Waals surface area contributed by atoms with Gasteiger partial charge in [-0.05, 0) is 6.42 Å².